The lowest BCUT2D eigenvalue weighted by Gasteiger charge is -2.30. The van der Waals surface area contributed by atoms with Crippen LogP contribution in [0.1, 0.15) is 90.0 Å². The molecule has 60 heavy (non-hydrogen) atoms. The Morgan fingerprint density at radius 1 is 0.967 bits per heavy atom. The first kappa shape index (κ1) is 42.7. The predicted octanol–water partition coefficient (Wildman–Crippen LogP) is 6.19. The largest absolute Gasteiger partial charge is 0.496 e. The van der Waals surface area contributed by atoms with E-state index in [4.69, 9.17) is 19.2 Å². The third-order valence-corrected chi connectivity index (χ3v) is 13.4. The molecule has 0 radical (unpaired) electrons. The van der Waals surface area contributed by atoms with E-state index in [2.05, 4.69) is 21.4 Å². The van der Waals surface area contributed by atoms with Crippen LogP contribution in [-0.2, 0) is 29.1 Å². The number of rotatable bonds is 5. The fraction of sp³-hybridized carbons (Fsp3) is 0.489. The quantitative estimate of drug-likeness (QED) is 0.251. The summed E-state index contributed by atoms with van der Waals surface area (Å²) in [5.74, 6) is -0.869. The van der Waals surface area contributed by atoms with Gasteiger partial charge >= 0.3 is 6.09 Å². The smallest absolute Gasteiger partial charge is 0.407 e. The minimum Gasteiger partial charge on any atom is -0.496 e. The number of aromatic nitrogens is 1. The minimum atomic E-state index is -3.90. The second-order valence-electron chi connectivity index (χ2n) is 17.0. The summed E-state index contributed by atoms with van der Waals surface area (Å²) in [6.07, 6.45) is 11.9. The number of hydrogen-bond acceptors (Lipinski definition) is 10. The first-order chi connectivity index (χ1) is 28.8. The van der Waals surface area contributed by atoms with Crippen molar-refractivity contribution in [3.05, 3.63) is 72.3 Å². The Morgan fingerprint density at radius 3 is 2.53 bits per heavy atom. The monoisotopic (exact) mass is 841 g/mol. The topological polar surface area (TPSA) is 182 Å². The molecule has 3 N–H and O–H groups in total. The van der Waals surface area contributed by atoms with E-state index in [1.54, 1.807) is 13.2 Å². The number of carbonyl (C=O) groups is 4. The van der Waals surface area contributed by atoms with Crippen molar-refractivity contribution in [2.24, 2.45) is 5.41 Å². The van der Waals surface area contributed by atoms with Gasteiger partial charge in [0.05, 0.1) is 36.7 Å². The van der Waals surface area contributed by atoms with Gasteiger partial charge in [0.1, 0.15) is 35.7 Å². The van der Waals surface area contributed by atoms with Crippen LogP contribution >= 0.6 is 0 Å². The molecule has 320 valence electrons. The number of nitrogens with zero attached hydrogens (tertiary/aromatic N) is 2. The number of amides is 4. The van der Waals surface area contributed by atoms with E-state index < -0.39 is 63.3 Å². The molecule has 1 aliphatic carbocycles. The maximum absolute atomic E-state index is 14.7. The number of cyclic esters (lactones) is 1. The zero-order valence-corrected chi connectivity index (χ0v) is 35.3. The number of hydrogen-bond donors (Lipinski definition) is 3. The van der Waals surface area contributed by atoms with E-state index in [9.17, 15) is 27.6 Å². The van der Waals surface area contributed by atoms with Gasteiger partial charge in [0.15, 0.2) is 0 Å². The molecule has 2 aromatic carbocycles. The Labute approximate surface area is 351 Å². The third kappa shape index (κ3) is 10.5. The van der Waals surface area contributed by atoms with E-state index in [-0.39, 0.29) is 31.4 Å². The summed E-state index contributed by atoms with van der Waals surface area (Å²) in [5, 5.41) is 5.66. The number of nitrogens with one attached hydrogen (secondary N) is 3. The van der Waals surface area contributed by atoms with Crippen molar-refractivity contribution in [2.45, 2.75) is 114 Å². The molecule has 15 heteroatoms. The zero-order chi connectivity index (χ0) is 42.4. The summed E-state index contributed by atoms with van der Waals surface area (Å²) in [5.41, 5.74) is 2.54. The highest BCUT2D eigenvalue weighted by Gasteiger charge is 2.45. The molecule has 1 saturated carbocycles. The average molecular weight is 842 g/mol. The maximum Gasteiger partial charge on any atom is 0.407 e. The Hall–Kier alpha value is -5.44. The number of ether oxygens (including phenoxy) is 3. The minimum absolute atomic E-state index is 0.0165. The molecule has 5 bridgehead atoms. The highest BCUT2D eigenvalue weighted by atomic mass is 32.2. The number of fused-ring (bicyclic) bond motifs is 3. The van der Waals surface area contributed by atoms with Gasteiger partial charge in [-0.3, -0.25) is 19.1 Å². The molecule has 3 aliphatic heterocycles. The molecule has 2 fully saturated rings. The van der Waals surface area contributed by atoms with Crippen molar-refractivity contribution in [1.82, 2.24) is 25.2 Å². The summed E-state index contributed by atoms with van der Waals surface area (Å²) in [7, 11) is -2.29. The molecule has 4 atom stereocenters. The maximum atomic E-state index is 14.7. The van der Waals surface area contributed by atoms with Crippen molar-refractivity contribution in [2.75, 3.05) is 20.3 Å². The second kappa shape index (κ2) is 18.4. The molecule has 1 saturated heterocycles. The first-order valence-electron chi connectivity index (χ1n) is 21.0. The van der Waals surface area contributed by atoms with Crippen LogP contribution in [0.4, 0.5) is 4.79 Å². The van der Waals surface area contributed by atoms with Crippen molar-refractivity contribution in [3.63, 3.8) is 0 Å². The molecule has 4 heterocycles. The molecule has 1 unspecified atom stereocenters. The summed E-state index contributed by atoms with van der Waals surface area (Å²) >= 11 is 0. The van der Waals surface area contributed by atoms with E-state index >= 15 is 0 Å². The van der Waals surface area contributed by atoms with Gasteiger partial charge in [0, 0.05) is 35.1 Å². The van der Waals surface area contributed by atoms with Crippen LogP contribution in [0.3, 0.4) is 0 Å². The molecule has 14 nitrogen and oxygen atoms in total. The fourth-order valence-corrected chi connectivity index (χ4v) is 9.27. The Morgan fingerprint density at radius 2 is 1.77 bits per heavy atom. The van der Waals surface area contributed by atoms with Crippen molar-refractivity contribution < 1.29 is 41.8 Å². The van der Waals surface area contributed by atoms with Gasteiger partial charge in [0.25, 0.3) is 5.91 Å². The first-order valence-corrected chi connectivity index (χ1v) is 22.5. The summed E-state index contributed by atoms with van der Waals surface area (Å²) < 4.78 is 46.2. The van der Waals surface area contributed by atoms with Crippen molar-refractivity contribution >= 4 is 50.8 Å². The number of carbonyl (C=O) groups excluding carboxylic acids is 4. The van der Waals surface area contributed by atoms with Gasteiger partial charge in [-0.2, -0.15) is 0 Å². The van der Waals surface area contributed by atoms with Crippen LogP contribution in [0.2, 0.25) is 0 Å². The molecular weight excluding hydrogens is 787 g/mol. The Kier molecular flexibility index (Phi) is 13.1. The molecule has 7 rings (SSSR count). The van der Waals surface area contributed by atoms with Gasteiger partial charge in [-0.25, -0.2) is 18.2 Å². The SMILES string of the molecule is COc1cc2nc(-c3ccccc3)cc3c2cc1/C=C/CCC(C)(C)COC(=O)N[C@H]1CCCCC/C=C\CC(C(=O)NS(=O)(=O)C2CC2)NC(=O)[C@@H]2C[C@H](CN2C1=O)O3. The number of benzene rings is 2. The third-order valence-electron chi connectivity index (χ3n) is 11.5. The van der Waals surface area contributed by atoms with Gasteiger partial charge in [-0.05, 0) is 62.8 Å². The molecular formula is C45H55N5O9S. The normalized spacial score (nSPS) is 25.5. The summed E-state index contributed by atoms with van der Waals surface area (Å²) in [4.78, 5) is 62.5. The van der Waals surface area contributed by atoms with E-state index in [0.29, 0.717) is 73.0 Å². The predicted molar refractivity (Wildman–Crippen MR) is 227 cm³/mol. The average Bonchev–Trinajstić information content (AvgIpc) is 4.01. The molecule has 4 aliphatic rings. The van der Waals surface area contributed by atoms with Gasteiger partial charge < -0.3 is 29.7 Å². The molecule has 3 aromatic rings. The summed E-state index contributed by atoms with van der Waals surface area (Å²) in [6.45, 7) is 4.12. The van der Waals surface area contributed by atoms with Gasteiger partial charge in [-0.15, -0.1) is 0 Å². The molecule has 4 amide bonds. The number of alkyl carbamates (subject to hydrolysis) is 1. The standard InChI is InChI=1S/C45H55N5O9S/c1-45(2)22-14-13-17-30-23-33-37(26-39(30)57-3)46-36(29-15-9-8-10-16-29)25-40(33)59-31-24-38-42(52)47-34(41(51)49-60(55,56)32-20-21-32)18-11-6-4-5-7-12-19-35(43(53)50(38)27-31)48-44(54)58-28-45/h6,8-11,13,15-17,23,25-26,31-32,34-35,38H,4-5,7,12,14,18-22,24,27-28H2,1-3H3,(H,47,52)(H,48,54)(H,49,51)/b11-6-,17-13+/t31-,34?,35+,38+/m1/s1. The number of sulfonamides is 1. The van der Waals surface area contributed by atoms with Gasteiger partial charge in [-0.1, -0.05) is 81.3 Å². The van der Waals surface area contributed by atoms with Crippen LogP contribution in [0.15, 0.2) is 66.8 Å². The van der Waals surface area contributed by atoms with Crippen LogP contribution in [-0.4, -0.2) is 91.9 Å². The number of methoxy groups -OCH3 is 1. The van der Waals surface area contributed by atoms with Crippen LogP contribution in [0.25, 0.3) is 28.2 Å². The fourth-order valence-electron chi connectivity index (χ4n) is 7.92. The zero-order valence-electron chi connectivity index (χ0n) is 34.5. The van der Waals surface area contributed by atoms with E-state index in [0.717, 1.165) is 24.0 Å². The molecule has 0 spiro atoms. The summed E-state index contributed by atoms with van der Waals surface area (Å²) in [6, 6.07) is 12.0. The van der Waals surface area contributed by atoms with Crippen LogP contribution < -0.4 is 24.8 Å². The lowest BCUT2D eigenvalue weighted by atomic mass is 9.88. The van der Waals surface area contributed by atoms with E-state index in [1.807, 2.05) is 74.5 Å². The van der Waals surface area contributed by atoms with Crippen LogP contribution in [0, 0.1) is 5.41 Å². The number of allylic oxidation sites excluding steroid dienone is 2. The van der Waals surface area contributed by atoms with Crippen molar-refractivity contribution in [1.29, 1.82) is 0 Å². The van der Waals surface area contributed by atoms with Gasteiger partial charge in [0.2, 0.25) is 21.8 Å². The van der Waals surface area contributed by atoms with E-state index in [1.165, 1.54) is 4.90 Å². The Balaban J connectivity index is 1.29. The lowest BCUT2D eigenvalue weighted by molar-refractivity contribution is -0.141. The van der Waals surface area contributed by atoms with Crippen LogP contribution in [0.5, 0.6) is 11.5 Å². The Bertz CT molecular complexity index is 2260. The second-order valence-corrected chi connectivity index (χ2v) is 18.9. The highest BCUT2D eigenvalue weighted by molar-refractivity contribution is 7.90. The van der Waals surface area contributed by atoms with Crippen molar-refractivity contribution in [3.8, 4) is 22.8 Å². The highest BCUT2D eigenvalue weighted by Crippen LogP contribution is 2.37. The molecule has 1 aromatic heterocycles. The number of pyridine rings is 1. The lowest BCUT2D eigenvalue weighted by Crippen LogP contribution is -2.56.